The number of rotatable bonds is 3. The summed E-state index contributed by atoms with van der Waals surface area (Å²) in [5.41, 5.74) is 6.32. The summed E-state index contributed by atoms with van der Waals surface area (Å²) >= 11 is 0. The van der Waals surface area contributed by atoms with Crippen LogP contribution in [0.4, 0.5) is 13.2 Å². The number of hydrogen-bond acceptors (Lipinski definition) is 2. The van der Waals surface area contributed by atoms with E-state index < -0.39 is 17.6 Å². The van der Waals surface area contributed by atoms with Crippen molar-refractivity contribution < 1.29 is 18.0 Å². The lowest BCUT2D eigenvalue weighted by Gasteiger charge is -2.11. The second kappa shape index (κ2) is 5.42. The van der Waals surface area contributed by atoms with Crippen LogP contribution in [-0.2, 0) is 17.4 Å². The standard InChI is InChI=1S/C16H12F3N3O/c17-16(18,19)11-6-12(13-8-21-22-14(13)7-11)10-3-1-2-9(4-10)5-15(20)23/h1-4,6-8H,5H2,(H2,20,23)(H,21,22). The van der Waals surface area contributed by atoms with Crippen molar-refractivity contribution in [1.82, 2.24) is 10.2 Å². The number of H-pyrrole nitrogens is 1. The molecule has 0 fully saturated rings. The quantitative estimate of drug-likeness (QED) is 0.777. The van der Waals surface area contributed by atoms with Crippen molar-refractivity contribution in [2.75, 3.05) is 0 Å². The summed E-state index contributed by atoms with van der Waals surface area (Å²) in [6.45, 7) is 0. The first-order chi connectivity index (χ1) is 10.8. The van der Waals surface area contributed by atoms with Crippen molar-refractivity contribution in [1.29, 1.82) is 0 Å². The van der Waals surface area contributed by atoms with Crippen LogP contribution in [-0.4, -0.2) is 16.1 Å². The lowest BCUT2D eigenvalue weighted by atomic mass is 9.97. The van der Waals surface area contributed by atoms with Gasteiger partial charge in [0.1, 0.15) is 0 Å². The summed E-state index contributed by atoms with van der Waals surface area (Å²) < 4.78 is 39.2. The highest BCUT2D eigenvalue weighted by Crippen LogP contribution is 2.36. The summed E-state index contributed by atoms with van der Waals surface area (Å²) in [6.07, 6.45) is -2.95. The van der Waals surface area contributed by atoms with Crippen molar-refractivity contribution in [2.24, 2.45) is 5.73 Å². The zero-order valence-corrected chi connectivity index (χ0v) is 11.8. The van der Waals surface area contributed by atoms with Gasteiger partial charge in [-0.25, -0.2) is 0 Å². The summed E-state index contributed by atoms with van der Waals surface area (Å²) in [5, 5.41) is 6.96. The molecule has 1 aromatic heterocycles. The largest absolute Gasteiger partial charge is 0.416 e. The van der Waals surface area contributed by atoms with Crippen LogP contribution < -0.4 is 5.73 Å². The summed E-state index contributed by atoms with van der Waals surface area (Å²) in [7, 11) is 0. The molecule has 1 amide bonds. The molecule has 0 bridgehead atoms. The van der Waals surface area contributed by atoms with E-state index in [1.807, 2.05) is 0 Å². The van der Waals surface area contributed by atoms with E-state index in [-0.39, 0.29) is 6.42 Å². The van der Waals surface area contributed by atoms with Crippen LogP contribution in [0, 0.1) is 0 Å². The van der Waals surface area contributed by atoms with Crippen molar-refractivity contribution >= 4 is 16.8 Å². The molecule has 3 aromatic rings. The molecular weight excluding hydrogens is 307 g/mol. The van der Waals surface area contributed by atoms with Gasteiger partial charge in [-0.15, -0.1) is 0 Å². The number of fused-ring (bicyclic) bond motifs is 1. The highest BCUT2D eigenvalue weighted by atomic mass is 19.4. The van der Waals surface area contributed by atoms with Crippen LogP contribution in [0.2, 0.25) is 0 Å². The lowest BCUT2D eigenvalue weighted by Crippen LogP contribution is -2.13. The van der Waals surface area contributed by atoms with Gasteiger partial charge in [-0.3, -0.25) is 9.89 Å². The molecule has 3 rings (SSSR count). The molecule has 0 unspecified atom stereocenters. The normalized spacial score (nSPS) is 11.8. The molecule has 0 spiro atoms. The summed E-state index contributed by atoms with van der Waals surface area (Å²) in [4.78, 5) is 11.0. The minimum atomic E-state index is -4.46. The van der Waals surface area contributed by atoms with E-state index in [1.54, 1.807) is 24.3 Å². The molecule has 0 saturated heterocycles. The van der Waals surface area contributed by atoms with Gasteiger partial charge in [0.05, 0.1) is 23.7 Å². The minimum Gasteiger partial charge on any atom is -0.369 e. The Bertz CT molecular complexity index is 884. The van der Waals surface area contributed by atoms with E-state index in [9.17, 15) is 18.0 Å². The Morgan fingerprint density at radius 2 is 2.00 bits per heavy atom. The highest BCUT2D eigenvalue weighted by molar-refractivity contribution is 5.95. The maximum Gasteiger partial charge on any atom is 0.416 e. The minimum absolute atomic E-state index is 0.0291. The van der Waals surface area contributed by atoms with Crippen molar-refractivity contribution in [3.63, 3.8) is 0 Å². The van der Waals surface area contributed by atoms with E-state index in [0.29, 0.717) is 27.6 Å². The summed E-state index contributed by atoms with van der Waals surface area (Å²) in [5.74, 6) is -0.500. The molecule has 7 heteroatoms. The number of nitrogens with zero attached hydrogens (tertiary/aromatic N) is 1. The molecule has 0 atom stereocenters. The number of nitrogens with one attached hydrogen (secondary N) is 1. The van der Waals surface area contributed by atoms with E-state index in [4.69, 9.17) is 5.73 Å². The molecule has 118 valence electrons. The number of aromatic nitrogens is 2. The molecule has 0 radical (unpaired) electrons. The molecule has 2 aromatic carbocycles. The number of halogens is 3. The topological polar surface area (TPSA) is 71.8 Å². The van der Waals surface area contributed by atoms with Crippen LogP contribution in [0.25, 0.3) is 22.0 Å². The zero-order chi connectivity index (χ0) is 16.6. The molecule has 23 heavy (non-hydrogen) atoms. The highest BCUT2D eigenvalue weighted by Gasteiger charge is 2.31. The SMILES string of the molecule is NC(=O)Cc1cccc(-c2cc(C(F)(F)F)cc3[nH]ncc23)c1. The fraction of sp³-hybridized carbons (Fsp3) is 0.125. The monoisotopic (exact) mass is 319 g/mol. The van der Waals surface area contributed by atoms with E-state index >= 15 is 0 Å². The van der Waals surface area contributed by atoms with E-state index in [0.717, 1.165) is 12.1 Å². The van der Waals surface area contributed by atoms with Gasteiger partial charge in [0.15, 0.2) is 0 Å². The van der Waals surface area contributed by atoms with Crippen LogP contribution >= 0.6 is 0 Å². The van der Waals surface area contributed by atoms with Gasteiger partial charge >= 0.3 is 6.18 Å². The second-order valence-electron chi connectivity index (χ2n) is 5.20. The number of benzene rings is 2. The molecular formula is C16H12F3N3O. The van der Waals surface area contributed by atoms with Gasteiger partial charge in [-0.1, -0.05) is 24.3 Å². The number of aromatic amines is 1. The van der Waals surface area contributed by atoms with Crippen LogP contribution in [0.3, 0.4) is 0 Å². The smallest absolute Gasteiger partial charge is 0.369 e. The van der Waals surface area contributed by atoms with Gasteiger partial charge < -0.3 is 5.73 Å². The molecule has 1 heterocycles. The number of amides is 1. The predicted molar refractivity (Wildman–Crippen MR) is 79.4 cm³/mol. The molecule has 4 nitrogen and oxygen atoms in total. The third-order valence-corrected chi connectivity index (χ3v) is 3.50. The predicted octanol–water partition coefficient (Wildman–Crippen LogP) is 3.28. The maximum absolute atomic E-state index is 13.1. The van der Waals surface area contributed by atoms with E-state index in [2.05, 4.69) is 10.2 Å². The number of nitrogens with two attached hydrogens (primary N) is 1. The Morgan fingerprint density at radius 1 is 1.22 bits per heavy atom. The zero-order valence-electron chi connectivity index (χ0n) is 11.8. The van der Waals surface area contributed by atoms with Gasteiger partial charge in [0, 0.05) is 5.39 Å². The molecule has 0 aliphatic heterocycles. The van der Waals surface area contributed by atoms with Crippen LogP contribution in [0.15, 0.2) is 42.6 Å². The Labute approximate surface area is 129 Å². The fourth-order valence-electron chi connectivity index (χ4n) is 2.50. The first-order valence-electron chi connectivity index (χ1n) is 6.76. The Kier molecular flexibility index (Phi) is 3.55. The first-order valence-corrected chi connectivity index (χ1v) is 6.76. The van der Waals surface area contributed by atoms with Gasteiger partial charge in [-0.05, 0) is 28.8 Å². The Hall–Kier alpha value is -2.83. The number of carbonyl (C=O) groups excluding carboxylic acids is 1. The number of alkyl halides is 3. The molecule has 0 aliphatic rings. The number of hydrogen-bond donors (Lipinski definition) is 2. The van der Waals surface area contributed by atoms with E-state index in [1.165, 1.54) is 6.20 Å². The van der Waals surface area contributed by atoms with Crippen molar-refractivity contribution in [2.45, 2.75) is 12.6 Å². The Morgan fingerprint density at radius 3 is 2.70 bits per heavy atom. The first kappa shape index (κ1) is 15.1. The lowest BCUT2D eigenvalue weighted by molar-refractivity contribution is -0.137. The van der Waals surface area contributed by atoms with Gasteiger partial charge in [0.2, 0.25) is 5.91 Å². The van der Waals surface area contributed by atoms with Crippen LogP contribution in [0.1, 0.15) is 11.1 Å². The fourth-order valence-corrected chi connectivity index (χ4v) is 2.50. The summed E-state index contributed by atoms with van der Waals surface area (Å²) in [6, 6.07) is 8.84. The second-order valence-corrected chi connectivity index (χ2v) is 5.20. The maximum atomic E-state index is 13.1. The number of carbonyl (C=O) groups is 1. The average molecular weight is 319 g/mol. The molecule has 3 N–H and O–H groups in total. The van der Waals surface area contributed by atoms with Gasteiger partial charge in [-0.2, -0.15) is 18.3 Å². The molecule has 0 aliphatic carbocycles. The van der Waals surface area contributed by atoms with Crippen LogP contribution in [0.5, 0.6) is 0 Å². The van der Waals surface area contributed by atoms with Crippen molar-refractivity contribution in [3.05, 3.63) is 53.7 Å². The average Bonchev–Trinajstić information content (AvgIpc) is 2.93. The van der Waals surface area contributed by atoms with Crippen molar-refractivity contribution in [3.8, 4) is 11.1 Å². The number of primary amides is 1. The molecule has 0 saturated carbocycles. The Balaban J connectivity index is 2.19. The third kappa shape index (κ3) is 3.03. The van der Waals surface area contributed by atoms with Gasteiger partial charge in [0.25, 0.3) is 0 Å². The third-order valence-electron chi connectivity index (χ3n) is 3.50.